The molecular weight excluding hydrogens is 228 g/mol. The highest BCUT2D eigenvalue weighted by Crippen LogP contribution is 2.18. The van der Waals surface area contributed by atoms with Crippen molar-refractivity contribution in [1.82, 2.24) is 10.6 Å². The van der Waals surface area contributed by atoms with Gasteiger partial charge in [-0.15, -0.1) is 0 Å². The Morgan fingerprint density at radius 1 is 1.22 bits per heavy atom. The van der Waals surface area contributed by atoms with Gasteiger partial charge in [0.2, 0.25) is 5.91 Å². The second-order valence-corrected chi connectivity index (χ2v) is 4.82. The molecule has 1 aromatic rings. The van der Waals surface area contributed by atoms with Crippen LogP contribution in [0.4, 0.5) is 0 Å². The summed E-state index contributed by atoms with van der Waals surface area (Å²) in [6.07, 6.45) is 2.10. The molecule has 0 aromatic heterocycles. The molecule has 1 fully saturated rings. The highest BCUT2D eigenvalue weighted by atomic mass is 16.2. The Morgan fingerprint density at radius 2 is 1.94 bits per heavy atom. The number of hydrogen-bond donors (Lipinski definition) is 2. The first-order valence-electron chi connectivity index (χ1n) is 6.21. The maximum Gasteiger partial charge on any atom is 0.251 e. The third-order valence-electron chi connectivity index (χ3n) is 3.12. The Hall–Kier alpha value is -1.84. The van der Waals surface area contributed by atoms with E-state index in [1.807, 2.05) is 26.0 Å². The zero-order valence-corrected chi connectivity index (χ0v) is 10.7. The largest absolute Gasteiger partial charge is 0.352 e. The first-order chi connectivity index (χ1) is 8.56. The second-order valence-electron chi connectivity index (χ2n) is 4.82. The van der Waals surface area contributed by atoms with Crippen molar-refractivity contribution in [3.05, 3.63) is 34.9 Å². The van der Waals surface area contributed by atoms with Crippen LogP contribution in [0.3, 0.4) is 0 Å². The van der Waals surface area contributed by atoms with Gasteiger partial charge in [-0.25, -0.2) is 0 Å². The molecule has 96 valence electrons. The van der Waals surface area contributed by atoms with Crippen molar-refractivity contribution in [2.45, 2.75) is 32.7 Å². The van der Waals surface area contributed by atoms with Crippen molar-refractivity contribution in [1.29, 1.82) is 0 Å². The minimum Gasteiger partial charge on any atom is -0.352 e. The van der Waals surface area contributed by atoms with Crippen molar-refractivity contribution in [2.75, 3.05) is 6.54 Å². The number of aryl methyl sites for hydroxylation is 2. The number of amides is 2. The molecule has 0 aliphatic heterocycles. The van der Waals surface area contributed by atoms with Gasteiger partial charge in [0.1, 0.15) is 0 Å². The lowest BCUT2D eigenvalue weighted by Gasteiger charge is -2.07. The van der Waals surface area contributed by atoms with E-state index in [0.717, 1.165) is 24.0 Å². The molecule has 0 bridgehead atoms. The molecule has 0 saturated heterocycles. The topological polar surface area (TPSA) is 58.2 Å². The predicted octanol–water partition coefficient (Wildman–Crippen LogP) is 1.31. The van der Waals surface area contributed by atoms with E-state index in [9.17, 15) is 9.59 Å². The van der Waals surface area contributed by atoms with E-state index in [4.69, 9.17) is 0 Å². The number of hydrogen-bond acceptors (Lipinski definition) is 2. The van der Waals surface area contributed by atoms with Gasteiger partial charge in [-0.1, -0.05) is 6.07 Å². The number of carbonyl (C=O) groups excluding carboxylic acids is 2. The summed E-state index contributed by atoms with van der Waals surface area (Å²) in [4.78, 5) is 23.2. The Labute approximate surface area is 107 Å². The SMILES string of the molecule is Cc1ccc(C(=O)NCC(=O)NC2CC2)cc1C. The molecule has 1 saturated carbocycles. The molecule has 1 aliphatic rings. The normalized spacial score (nSPS) is 14.1. The van der Waals surface area contributed by atoms with Crippen LogP contribution in [0.5, 0.6) is 0 Å². The fourth-order valence-electron chi connectivity index (χ4n) is 1.65. The van der Waals surface area contributed by atoms with Crippen LogP contribution in [0.15, 0.2) is 18.2 Å². The molecule has 2 rings (SSSR count). The van der Waals surface area contributed by atoms with Gasteiger partial charge in [0, 0.05) is 11.6 Å². The van der Waals surface area contributed by atoms with E-state index in [1.165, 1.54) is 0 Å². The summed E-state index contributed by atoms with van der Waals surface area (Å²) in [6.45, 7) is 4.01. The van der Waals surface area contributed by atoms with Crippen LogP contribution < -0.4 is 10.6 Å². The van der Waals surface area contributed by atoms with Gasteiger partial charge in [0.15, 0.2) is 0 Å². The molecule has 0 spiro atoms. The minimum absolute atomic E-state index is 0.0439. The molecule has 1 aliphatic carbocycles. The summed E-state index contributed by atoms with van der Waals surface area (Å²) in [5.41, 5.74) is 2.82. The molecule has 0 unspecified atom stereocenters. The molecule has 2 amide bonds. The lowest BCUT2D eigenvalue weighted by molar-refractivity contribution is -0.120. The van der Waals surface area contributed by atoms with E-state index >= 15 is 0 Å². The third kappa shape index (κ3) is 3.32. The standard InChI is InChI=1S/C14H18N2O2/c1-9-3-4-11(7-10(9)2)14(18)15-8-13(17)16-12-5-6-12/h3-4,7,12H,5-6,8H2,1-2H3,(H,15,18)(H,16,17). The van der Waals surface area contributed by atoms with Crippen molar-refractivity contribution >= 4 is 11.8 Å². The highest BCUT2D eigenvalue weighted by Gasteiger charge is 2.23. The molecule has 0 atom stereocenters. The summed E-state index contributed by atoms with van der Waals surface area (Å²) >= 11 is 0. The lowest BCUT2D eigenvalue weighted by Crippen LogP contribution is -2.37. The average molecular weight is 246 g/mol. The number of rotatable bonds is 4. The van der Waals surface area contributed by atoms with Crippen molar-refractivity contribution in [3.8, 4) is 0 Å². The minimum atomic E-state index is -0.205. The van der Waals surface area contributed by atoms with Gasteiger partial charge in [-0.3, -0.25) is 9.59 Å². The van der Waals surface area contributed by atoms with Crippen LogP contribution in [0, 0.1) is 13.8 Å². The van der Waals surface area contributed by atoms with E-state index in [2.05, 4.69) is 10.6 Å². The summed E-state index contributed by atoms with van der Waals surface area (Å²) in [7, 11) is 0. The average Bonchev–Trinajstić information content (AvgIpc) is 3.13. The zero-order chi connectivity index (χ0) is 13.1. The summed E-state index contributed by atoms with van der Waals surface area (Å²) in [5, 5.41) is 5.46. The van der Waals surface area contributed by atoms with Gasteiger partial charge in [0.05, 0.1) is 6.54 Å². The fourth-order valence-corrected chi connectivity index (χ4v) is 1.65. The molecule has 0 radical (unpaired) electrons. The highest BCUT2D eigenvalue weighted by molar-refractivity contribution is 5.96. The lowest BCUT2D eigenvalue weighted by atomic mass is 10.1. The summed E-state index contributed by atoms with van der Waals surface area (Å²) in [6, 6.07) is 5.85. The number of nitrogens with one attached hydrogen (secondary N) is 2. The molecule has 0 heterocycles. The monoisotopic (exact) mass is 246 g/mol. The van der Waals surface area contributed by atoms with Gasteiger partial charge >= 0.3 is 0 Å². The Morgan fingerprint density at radius 3 is 2.56 bits per heavy atom. The summed E-state index contributed by atoms with van der Waals surface area (Å²) in [5.74, 6) is -0.321. The summed E-state index contributed by atoms with van der Waals surface area (Å²) < 4.78 is 0. The van der Waals surface area contributed by atoms with Crippen molar-refractivity contribution in [2.24, 2.45) is 0 Å². The maximum atomic E-state index is 11.8. The molecule has 2 N–H and O–H groups in total. The molecule has 4 heteroatoms. The zero-order valence-electron chi connectivity index (χ0n) is 10.7. The fraction of sp³-hybridized carbons (Fsp3) is 0.429. The Bertz CT molecular complexity index is 479. The first-order valence-corrected chi connectivity index (χ1v) is 6.21. The second kappa shape index (κ2) is 5.21. The molecule has 1 aromatic carbocycles. The van der Waals surface area contributed by atoms with Crippen LogP contribution in [0.25, 0.3) is 0 Å². The molecule has 18 heavy (non-hydrogen) atoms. The van der Waals surface area contributed by atoms with Crippen LogP contribution >= 0.6 is 0 Å². The van der Waals surface area contributed by atoms with Gasteiger partial charge in [0.25, 0.3) is 5.91 Å². The van der Waals surface area contributed by atoms with Crippen LogP contribution in [0.1, 0.15) is 34.3 Å². The molecular formula is C14H18N2O2. The third-order valence-corrected chi connectivity index (χ3v) is 3.12. The smallest absolute Gasteiger partial charge is 0.251 e. The predicted molar refractivity (Wildman–Crippen MR) is 69.4 cm³/mol. The number of benzene rings is 1. The van der Waals surface area contributed by atoms with Gasteiger partial charge in [-0.2, -0.15) is 0 Å². The maximum absolute atomic E-state index is 11.8. The van der Waals surface area contributed by atoms with Crippen LogP contribution in [-0.4, -0.2) is 24.4 Å². The van der Waals surface area contributed by atoms with Crippen molar-refractivity contribution < 1.29 is 9.59 Å². The first kappa shape index (κ1) is 12.6. The Balaban J connectivity index is 1.86. The van der Waals surface area contributed by atoms with Crippen molar-refractivity contribution in [3.63, 3.8) is 0 Å². The van der Waals surface area contributed by atoms with E-state index < -0.39 is 0 Å². The molecule has 4 nitrogen and oxygen atoms in total. The quantitative estimate of drug-likeness (QED) is 0.841. The van der Waals surface area contributed by atoms with E-state index in [1.54, 1.807) is 6.07 Å². The van der Waals surface area contributed by atoms with Gasteiger partial charge < -0.3 is 10.6 Å². The van der Waals surface area contributed by atoms with Gasteiger partial charge in [-0.05, 0) is 49.9 Å². The Kier molecular flexibility index (Phi) is 3.65. The number of carbonyl (C=O) groups is 2. The van der Waals surface area contributed by atoms with Crippen LogP contribution in [0.2, 0.25) is 0 Å². The van der Waals surface area contributed by atoms with E-state index in [-0.39, 0.29) is 18.4 Å². The van der Waals surface area contributed by atoms with Crippen LogP contribution in [-0.2, 0) is 4.79 Å². The van der Waals surface area contributed by atoms with E-state index in [0.29, 0.717) is 11.6 Å².